The fraction of sp³-hybridized carbons (Fsp3) is 0.429. The Kier molecular flexibility index (Phi) is 1.97. The summed E-state index contributed by atoms with van der Waals surface area (Å²) < 4.78 is 0. The van der Waals surface area contributed by atoms with Gasteiger partial charge in [-0.15, -0.1) is 0 Å². The molecule has 0 bridgehead atoms. The van der Waals surface area contributed by atoms with E-state index in [0.717, 1.165) is 0 Å². The summed E-state index contributed by atoms with van der Waals surface area (Å²) in [4.78, 5) is 21.3. The molecule has 54 valence electrons. The van der Waals surface area contributed by atoms with E-state index in [2.05, 4.69) is 0 Å². The number of aliphatic hydroxyl groups excluding tert-OH is 1. The highest BCUT2D eigenvalue weighted by Gasteiger charge is 2.21. The van der Waals surface area contributed by atoms with Crippen LogP contribution < -0.4 is 0 Å². The second kappa shape index (κ2) is 2.75. The van der Waals surface area contributed by atoms with Gasteiger partial charge < -0.3 is 5.11 Å². The molecule has 0 spiro atoms. The van der Waals surface area contributed by atoms with Crippen LogP contribution >= 0.6 is 0 Å². The zero-order valence-corrected chi connectivity index (χ0v) is 5.41. The van der Waals surface area contributed by atoms with Crippen LogP contribution in [0.5, 0.6) is 0 Å². The number of hydrogen-bond donors (Lipinski definition) is 1. The Morgan fingerprint density at radius 3 is 2.90 bits per heavy atom. The van der Waals surface area contributed by atoms with Gasteiger partial charge in [-0.2, -0.15) is 0 Å². The SMILES string of the molecule is O=C1C=CCCC(O)C1=O. The monoisotopic (exact) mass is 140 g/mol. The number of aliphatic hydroxyl groups is 1. The lowest BCUT2D eigenvalue weighted by molar-refractivity contribution is -0.139. The fourth-order valence-electron chi connectivity index (χ4n) is 0.822. The summed E-state index contributed by atoms with van der Waals surface area (Å²) >= 11 is 0. The molecule has 1 unspecified atom stereocenters. The van der Waals surface area contributed by atoms with E-state index in [1.807, 2.05) is 0 Å². The van der Waals surface area contributed by atoms with Crippen molar-refractivity contribution in [1.82, 2.24) is 0 Å². The lowest BCUT2D eigenvalue weighted by Crippen LogP contribution is -2.25. The quantitative estimate of drug-likeness (QED) is 0.475. The second-order valence-corrected chi connectivity index (χ2v) is 2.22. The molecule has 0 aliphatic heterocycles. The van der Waals surface area contributed by atoms with Crippen LogP contribution in [0.15, 0.2) is 12.2 Å². The molecule has 1 atom stereocenters. The lowest BCUT2D eigenvalue weighted by Gasteiger charge is -2.00. The number of ketones is 2. The number of Topliss-reactive ketones (excluding diaryl/α,β-unsaturated/α-hetero) is 1. The molecule has 0 fully saturated rings. The molecule has 0 saturated carbocycles. The molecule has 1 rings (SSSR count). The van der Waals surface area contributed by atoms with Crippen molar-refractivity contribution in [2.75, 3.05) is 0 Å². The van der Waals surface area contributed by atoms with E-state index >= 15 is 0 Å². The topological polar surface area (TPSA) is 54.4 Å². The van der Waals surface area contributed by atoms with Gasteiger partial charge in [0.15, 0.2) is 0 Å². The Labute approximate surface area is 58.4 Å². The van der Waals surface area contributed by atoms with E-state index in [9.17, 15) is 9.59 Å². The molecule has 1 N–H and O–H groups in total. The van der Waals surface area contributed by atoms with Crippen molar-refractivity contribution in [1.29, 1.82) is 0 Å². The van der Waals surface area contributed by atoms with Gasteiger partial charge in [0.05, 0.1) is 0 Å². The Balaban J connectivity index is 2.76. The highest BCUT2D eigenvalue weighted by molar-refractivity contribution is 6.43. The van der Waals surface area contributed by atoms with Crippen molar-refractivity contribution in [3.63, 3.8) is 0 Å². The van der Waals surface area contributed by atoms with Crippen LogP contribution in [0.4, 0.5) is 0 Å². The zero-order chi connectivity index (χ0) is 7.56. The second-order valence-electron chi connectivity index (χ2n) is 2.22. The third-order valence-corrected chi connectivity index (χ3v) is 1.42. The average molecular weight is 140 g/mol. The minimum absolute atomic E-state index is 0.362. The van der Waals surface area contributed by atoms with Crippen LogP contribution in [0, 0.1) is 0 Å². The highest BCUT2D eigenvalue weighted by atomic mass is 16.3. The third kappa shape index (κ3) is 1.30. The zero-order valence-electron chi connectivity index (χ0n) is 5.41. The predicted octanol–water partition coefficient (Wildman–Crippen LogP) is -0.165. The lowest BCUT2D eigenvalue weighted by atomic mass is 10.1. The molecular weight excluding hydrogens is 132 g/mol. The van der Waals surface area contributed by atoms with E-state index in [1.165, 1.54) is 6.08 Å². The van der Waals surface area contributed by atoms with E-state index in [1.54, 1.807) is 6.08 Å². The summed E-state index contributed by atoms with van der Waals surface area (Å²) in [6.07, 6.45) is 2.71. The molecule has 3 nitrogen and oxygen atoms in total. The van der Waals surface area contributed by atoms with Crippen LogP contribution in [0.1, 0.15) is 12.8 Å². The summed E-state index contributed by atoms with van der Waals surface area (Å²) in [5.74, 6) is -1.28. The first kappa shape index (κ1) is 7.15. The molecule has 1 aliphatic rings. The summed E-state index contributed by atoms with van der Waals surface area (Å²) in [7, 11) is 0. The van der Waals surface area contributed by atoms with Gasteiger partial charge in [-0.05, 0) is 18.9 Å². The van der Waals surface area contributed by atoms with Crippen LogP contribution in [-0.2, 0) is 9.59 Å². The molecule has 0 saturated heterocycles. The fourth-order valence-corrected chi connectivity index (χ4v) is 0.822. The van der Waals surface area contributed by atoms with Crippen LogP contribution in [0.3, 0.4) is 0 Å². The maximum Gasteiger partial charge on any atom is 0.231 e. The van der Waals surface area contributed by atoms with Gasteiger partial charge in [-0.1, -0.05) is 6.08 Å². The Hall–Kier alpha value is -0.960. The molecule has 0 aromatic heterocycles. The van der Waals surface area contributed by atoms with Crippen LogP contribution in [-0.4, -0.2) is 22.8 Å². The van der Waals surface area contributed by atoms with Gasteiger partial charge in [0.25, 0.3) is 0 Å². The number of carbonyl (C=O) groups is 2. The number of rotatable bonds is 0. The molecule has 3 heteroatoms. The van der Waals surface area contributed by atoms with Crippen LogP contribution in [0.25, 0.3) is 0 Å². The molecule has 0 aromatic carbocycles. The van der Waals surface area contributed by atoms with Crippen molar-refractivity contribution in [2.24, 2.45) is 0 Å². The predicted molar refractivity (Wildman–Crippen MR) is 34.4 cm³/mol. The first-order valence-electron chi connectivity index (χ1n) is 3.14. The maximum absolute atomic E-state index is 10.7. The minimum Gasteiger partial charge on any atom is -0.385 e. The molecule has 0 amide bonds. The minimum atomic E-state index is -1.08. The Morgan fingerprint density at radius 1 is 1.50 bits per heavy atom. The Bertz CT molecular complexity index is 193. The van der Waals surface area contributed by atoms with E-state index in [0.29, 0.717) is 12.8 Å². The summed E-state index contributed by atoms with van der Waals surface area (Å²) in [6, 6.07) is 0. The molecular formula is C7H8O3. The van der Waals surface area contributed by atoms with Gasteiger partial charge in [0.2, 0.25) is 11.6 Å². The smallest absolute Gasteiger partial charge is 0.231 e. The van der Waals surface area contributed by atoms with Gasteiger partial charge in [0.1, 0.15) is 6.10 Å². The van der Waals surface area contributed by atoms with Crippen molar-refractivity contribution < 1.29 is 14.7 Å². The average Bonchev–Trinajstić information content (AvgIpc) is 2.04. The van der Waals surface area contributed by atoms with Gasteiger partial charge in [0, 0.05) is 0 Å². The third-order valence-electron chi connectivity index (χ3n) is 1.42. The number of carbonyl (C=O) groups excluding carboxylic acids is 2. The summed E-state index contributed by atoms with van der Waals surface area (Å²) in [5.41, 5.74) is 0. The standard InChI is InChI=1S/C7H8O3/c8-5-3-1-2-4-6(9)7(5)10/h1,3,6,9H,2,4H2. The first-order chi connectivity index (χ1) is 4.72. The van der Waals surface area contributed by atoms with Crippen molar-refractivity contribution in [3.05, 3.63) is 12.2 Å². The number of allylic oxidation sites excluding steroid dienone is 2. The van der Waals surface area contributed by atoms with Gasteiger partial charge in [-0.3, -0.25) is 9.59 Å². The van der Waals surface area contributed by atoms with Crippen LogP contribution in [0.2, 0.25) is 0 Å². The van der Waals surface area contributed by atoms with Crippen molar-refractivity contribution >= 4 is 11.6 Å². The van der Waals surface area contributed by atoms with E-state index in [-0.39, 0.29) is 0 Å². The van der Waals surface area contributed by atoms with Crippen molar-refractivity contribution in [2.45, 2.75) is 18.9 Å². The molecule has 0 aromatic rings. The van der Waals surface area contributed by atoms with Gasteiger partial charge in [-0.25, -0.2) is 0 Å². The van der Waals surface area contributed by atoms with E-state index < -0.39 is 17.7 Å². The largest absolute Gasteiger partial charge is 0.385 e. The van der Waals surface area contributed by atoms with E-state index in [4.69, 9.17) is 5.11 Å². The first-order valence-corrected chi connectivity index (χ1v) is 3.14. The maximum atomic E-state index is 10.7. The highest BCUT2D eigenvalue weighted by Crippen LogP contribution is 2.05. The summed E-state index contributed by atoms with van der Waals surface area (Å²) in [6.45, 7) is 0. The van der Waals surface area contributed by atoms with Gasteiger partial charge >= 0.3 is 0 Å². The molecule has 0 heterocycles. The van der Waals surface area contributed by atoms with Crippen molar-refractivity contribution in [3.8, 4) is 0 Å². The number of hydrogen-bond acceptors (Lipinski definition) is 3. The Morgan fingerprint density at radius 2 is 2.20 bits per heavy atom. The molecule has 1 aliphatic carbocycles. The summed E-state index contributed by atoms with van der Waals surface area (Å²) in [5, 5.41) is 8.92. The molecule has 0 radical (unpaired) electrons. The normalized spacial score (nSPS) is 26.7. The molecule has 10 heavy (non-hydrogen) atoms.